The van der Waals surface area contributed by atoms with E-state index in [0.717, 1.165) is 44.0 Å². The van der Waals surface area contributed by atoms with E-state index >= 15 is 0 Å². The predicted molar refractivity (Wildman–Crippen MR) is 123 cm³/mol. The van der Waals surface area contributed by atoms with Crippen molar-refractivity contribution in [3.8, 4) is 0 Å². The van der Waals surface area contributed by atoms with Crippen LogP contribution in [0.3, 0.4) is 0 Å². The molecular formula is C20H32IN5O2. The molecule has 1 saturated heterocycles. The zero-order chi connectivity index (χ0) is 19.6. The SMILES string of the molecule is CCNC(=O)c1cccc(CN=C(NCC)N2CCCC(CC(N)=O)C2)c1.I. The number of nitrogens with one attached hydrogen (secondary N) is 2. The van der Waals surface area contributed by atoms with E-state index in [4.69, 9.17) is 10.7 Å². The number of likely N-dealkylation sites (tertiary alicyclic amines) is 1. The van der Waals surface area contributed by atoms with Crippen LogP contribution in [-0.2, 0) is 11.3 Å². The number of nitrogens with zero attached hydrogens (tertiary/aromatic N) is 2. The lowest BCUT2D eigenvalue weighted by atomic mass is 9.95. The Kier molecular flexibility index (Phi) is 10.9. The first-order valence-corrected chi connectivity index (χ1v) is 9.72. The van der Waals surface area contributed by atoms with E-state index in [1.54, 1.807) is 0 Å². The third-order valence-electron chi connectivity index (χ3n) is 4.58. The van der Waals surface area contributed by atoms with Crippen LogP contribution in [0.2, 0.25) is 0 Å². The topological polar surface area (TPSA) is 99.8 Å². The normalized spacial score (nSPS) is 16.9. The van der Waals surface area contributed by atoms with Gasteiger partial charge in [-0.25, -0.2) is 4.99 Å². The van der Waals surface area contributed by atoms with Crippen molar-refractivity contribution in [2.75, 3.05) is 26.2 Å². The summed E-state index contributed by atoms with van der Waals surface area (Å²) in [5.41, 5.74) is 7.00. The third kappa shape index (κ3) is 7.65. The van der Waals surface area contributed by atoms with E-state index in [2.05, 4.69) is 15.5 Å². The molecule has 1 unspecified atom stereocenters. The molecule has 7 nitrogen and oxygen atoms in total. The average Bonchev–Trinajstić information content (AvgIpc) is 2.65. The predicted octanol–water partition coefficient (Wildman–Crippen LogP) is 2.11. The maximum atomic E-state index is 12.0. The molecule has 0 radical (unpaired) electrons. The molecule has 1 heterocycles. The summed E-state index contributed by atoms with van der Waals surface area (Å²) in [4.78, 5) is 30.2. The molecule has 2 amide bonds. The van der Waals surface area contributed by atoms with Crippen molar-refractivity contribution in [2.45, 2.75) is 39.7 Å². The molecule has 2 rings (SSSR count). The highest BCUT2D eigenvalue weighted by molar-refractivity contribution is 14.0. The van der Waals surface area contributed by atoms with Gasteiger partial charge < -0.3 is 21.3 Å². The molecule has 1 aliphatic rings. The monoisotopic (exact) mass is 501 g/mol. The summed E-state index contributed by atoms with van der Waals surface area (Å²) in [7, 11) is 0. The molecule has 156 valence electrons. The van der Waals surface area contributed by atoms with Crippen molar-refractivity contribution in [1.29, 1.82) is 0 Å². The molecule has 1 aromatic carbocycles. The fourth-order valence-electron chi connectivity index (χ4n) is 3.37. The Balaban J connectivity index is 0.00000392. The van der Waals surface area contributed by atoms with Gasteiger partial charge in [0.25, 0.3) is 5.91 Å². The summed E-state index contributed by atoms with van der Waals surface area (Å²) in [5, 5.41) is 6.15. The highest BCUT2D eigenvalue weighted by Crippen LogP contribution is 2.19. The fourth-order valence-corrected chi connectivity index (χ4v) is 3.37. The second-order valence-electron chi connectivity index (χ2n) is 6.85. The van der Waals surface area contributed by atoms with Crippen LogP contribution >= 0.6 is 24.0 Å². The first-order chi connectivity index (χ1) is 13.0. The summed E-state index contributed by atoms with van der Waals surface area (Å²) in [6.07, 6.45) is 2.47. The Morgan fingerprint density at radius 1 is 1.25 bits per heavy atom. The van der Waals surface area contributed by atoms with Crippen LogP contribution in [0.5, 0.6) is 0 Å². The fraction of sp³-hybridized carbons (Fsp3) is 0.550. The number of nitrogens with two attached hydrogens (primary N) is 1. The number of aliphatic imine (C=N–C) groups is 1. The van der Waals surface area contributed by atoms with Gasteiger partial charge in [-0.2, -0.15) is 0 Å². The molecule has 0 saturated carbocycles. The molecule has 1 aliphatic heterocycles. The van der Waals surface area contributed by atoms with E-state index in [1.807, 2.05) is 38.1 Å². The summed E-state index contributed by atoms with van der Waals surface area (Å²) >= 11 is 0. The van der Waals surface area contributed by atoms with Crippen LogP contribution in [0.25, 0.3) is 0 Å². The molecule has 0 aliphatic carbocycles. The van der Waals surface area contributed by atoms with Gasteiger partial charge in [0.05, 0.1) is 6.54 Å². The van der Waals surface area contributed by atoms with E-state index in [0.29, 0.717) is 25.1 Å². The third-order valence-corrected chi connectivity index (χ3v) is 4.58. The zero-order valence-corrected chi connectivity index (χ0v) is 19.1. The molecular weight excluding hydrogens is 469 g/mol. The number of piperidine rings is 1. The minimum atomic E-state index is -0.244. The van der Waals surface area contributed by atoms with Gasteiger partial charge in [-0.05, 0) is 50.3 Å². The van der Waals surface area contributed by atoms with E-state index in [9.17, 15) is 9.59 Å². The standard InChI is InChI=1S/C20H31N5O2.HI/c1-3-22-19(27)17-9-5-7-15(11-17)13-24-20(23-4-2)25-10-6-8-16(14-25)12-18(21)26;/h5,7,9,11,16H,3-4,6,8,10,12-14H2,1-2H3,(H2,21,26)(H,22,27)(H,23,24);1H. The van der Waals surface area contributed by atoms with Crippen molar-refractivity contribution >= 4 is 41.8 Å². The Morgan fingerprint density at radius 3 is 2.68 bits per heavy atom. The molecule has 8 heteroatoms. The van der Waals surface area contributed by atoms with Gasteiger partial charge in [0.2, 0.25) is 5.91 Å². The van der Waals surface area contributed by atoms with Crippen LogP contribution < -0.4 is 16.4 Å². The lowest BCUT2D eigenvalue weighted by molar-refractivity contribution is -0.119. The highest BCUT2D eigenvalue weighted by Gasteiger charge is 2.23. The molecule has 1 fully saturated rings. The Labute approximate surface area is 184 Å². The number of halogens is 1. The second-order valence-corrected chi connectivity index (χ2v) is 6.85. The lowest BCUT2D eigenvalue weighted by Crippen LogP contribution is -2.47. The molecule has 1 aromatic rings. The van der Waals surface area contributed by atoms with Gasteiger partial charge >= 0.3 is 0 Å². The highest BCUT2D eigenvalue weighted by atomic mass is 127. The molecule has 0 spiro atoms. The smallest absolute Gasteiger partial charge is 0.251 e. The number of primary amides is 1. The minimum absolute atomic E-state index is 0. The Bertz CT molecular complexity index is 680. The number of amides is 2. The lowest BCUT2D eigenvalue weighted by Gasteiger charge is -2.34. The van der Waals surface area contributed by atoms with E-state index in [-0.39, 0.29) is 41.7 Å². The number of carbonyl (C=O) groups is 2. The van der Waals surface area contributed by atoms with Gasteiger partial charge in [-0.15, -0.1) is 24.0 Å². The summed E-state index contributed by atoms with van der Waals surface area (Å²) in [6.45, 7) is 7.51. The summed E-state index contributed by atoms with van der Waals surface area (Å²) in [5.74, 6) is 0.808. The van der Waals surface area contributed by atoms with Crippen LogP contribution in [0.4, 0.5) is 0 Å². The first kappa shape index (κ1) is 24.2. The van der Waals surface area contributed by atoms with Gasteiger partial charge in [0, 0.05) is 38.2 Å². The summed E-state index contributed by atoms with van der Waals surface area (Å²) in [6, 6.07) is 7.54. The number of carbonyl (C=O) groups excluding carboxylic acids is 2. The summed E-state index contributed by atoms with van der Waals surface area (Å²) < 4.78 is 0. The number of hydrogen-bond acceptors (Lipinski definition) is 3. The van der Waals surface area contributed by atoms with Crippen LogP contribution in [-0.4, -0.2) is 48.9 Å². The van der Waals surface area contributed by atoms with Crippen LogP contribution in [0.1, 0.15) is 49.0 Å². The van der Waals surface area contributed by atoms with Gasteiger partial charge in [0.15, 0.2) is 5.96 Å². The maximum Gasteiger partial charge on any atom is 0.251 e. The number of rotatable bonds is 7. The zero-order valence-electron chi connectivity index (χ0n) is 16.7. The van der Waals surface area contributed by atoms with Crippen LogP contribution in [0.15, 0.2) is 29.3 Å². The van der Waals surface area contributed by atoms with Crippen LogP contribution in [0, 0.1) is 5.92 Å². The first-order valence-electron chi connectivity index (χ1n) is 9.72. The van der Waals surface area contributed by atoms with Crippen molar-refractivity contribution in [2.24, 2.45) is 16.6 Å². The van der Waals surface area contributed by atoms with E-state index < -0.39 is 0 Å². The van der Waals surface area contributed by atoms with Gasteiger partial charge in [-0.1, -0.05) is 12.1 Å². The van der Waals surface area contributed by atoms with Gasteiger partial charge in [0.1, 0.15) is 0 Å². The molecule has 4 N–H and O–H groups in total. The number of benzene rings is 1. The molecule has 1 atom stereocenters. The van der Waals surface area contributed by atoms with Crippen molar-refractivity contribution in [3.63, 3.8) is 0 Å². The van der Waals surface area contributed by atoms with Crippen molar-refractivity contribution < 1.29 is 9.59 Å². The second kappa shape index (κ2) is 12.6. The molecule has 28 heavy (non-hydrogen) atoms. The average molecular weight is 501 g/mol. The molecule has 0 aromatic heterocycles. The largest absolute Gasteiger partial charge is 0.370 e. The number of guanidine groups is 1. The Hall–Kier alpha value is -1.84. The van der Waals surface area contributed by atoms with Gasteiger partial charge in [-0.3, -0.25) is 9.59 Å². The minimum Gasteiger partial charge on any atom is -0.370 e. The molecule has 0 bridgehead atoms. The Morgan fingerprint density at radius 2 is 2.00 bits per heavy atom. The maximum absolute atomic E-state index is 12.0. The number of hydrogen-bond donors (Lipinski definition) is 3. The van der Waals surface area contributed by atoms with Crippen molar-refractivity contribution in [1.82, 2.24) is 15.5 Å². The quantitative estimate of drug-likeness (QED) is 0.303. The van der Waals surface area contributed by atoms with E-state index in [1.165, 1.54) is 0 Å². The van der Waals surface area contributed by atoms with Crippen molar-refractivity contribution in [3.05, 3.63) is 35.4 Å².